The van der Waals surface area contributed by atoms with E-state index in [-0.39, 0.29) is 33.0 Å². The van der Waals surface area contributed by atoms with Crippen molar-refractivity contribution in [3.05, 3.63) is 0 Å². The zero-order valence-corrected chi connectivity index (χ0v) is 14.7. The summed E-state index contributed by atoms with van der Waals surface area (Å²) in [5, 5.41) is -1.10. The quantitative estimate of drug-likeness (QED) is 0.506. The van der Waals surface area contributed by atoms with Gasteiger partial charge in [0.1, 0.15) is 0 Å². The van der Waals surface area contributed by atoms with Crippen molar-refractivity contribution < 1.29 is 32.0 Å². The van der Waals surface area contributed by atoms with E-state index in [4.69, 9.17) is 22.8 Å². The van der Waals surface area contributed by atoms with Crippen LogP contribution >= 0.6 is 15.2 Å². The lowest BCUT2D eigenvalue weighted by molar-refractivity contribution is 0.157. The van der Waals surface area contributed by atoms with Crippen LogP contribution in [0.3, 0.4) is 0 Å². The van der Waals surface area contributed by atoms with Crippen LogP contribution < -0.4 is 0 Å². The van der Waals surface area contributed by atoms with Crippen molar-refractivity contribution in [3.63, 3.8) is 0 Å². The number of methoxy groups -OCH3 is 1. The molecular formula is C11H26O7P2. The highest BCUT2D eigenvalue weighted by Crippen LogP contribution is 2.70. The standard InChI is InChI=1S/C11H26O7P2/c1-6-15-19(12,16-7-2)11(10-14-5)20(13,17-8-3)18-9-4/h11H,6-10H2,1-5H3. The summed E-state index contributed by atoms with van der Waals surface area (Å²) < 4.78 is 51.7. The van der Waals surface area contributed by atoms with Crippen LogP contribution in [0.2, 0.25) is 0 Å². The van der Waals surface area contributed by atoms with Gasteiger partial charge >= 0.3 is 15.2 Å². The van der Waals surface area contributed by atoms with Gasteiger partial charge in [0.2, 0.25) is 0 Å². The Hall–Kier alpha value is 0.260. The van der Waals surface area contributed by atoms with E-state index < -0.39 is 20.6 Å². The fourth-order valence-corrected chi connectivity index (χ4v) is 6.77. The molecule has 0 unspecified atom stereocenters. The molecule has 0 aromatic heterocycles. The maximum atomic E-state index is 12.8. The molecule has 0 bridgehead atoms. The molecule has 0 aromatic rings. The molecule has 122 valence electrons. The van der Waals surface area contributed by atoms with Crippen molar-refractivity contribution >= 4 is 15.2 Å². The molecule has 0 aliphatic rings. The predicted molar refractivity (Wildman–Crippen MR) is 77.4 cm³/mol. The van der Waals surface area contributed by atoms with E-state index in [0.717, 1.165) is 0 Å². The molecule has 20 heavy (non-hydrogen) atoms. The Morgan fingerprint density at radius 3 is 1.25 bits per heavy atom. The molecular weight excluding hydrogens is 306 g/mol. The fraction of sp³-hybridized carbons (Fsp3) is 1.00. The minimum atomic E-state index is -3.67. The van der Waals surface area contributed by atoms with E-state index in [9.17, 15) is 9.13 Å². The van der Waals surface area contributed by atoms with Crippen LogP contribution in [-0.2, 0) is 32.0 Å². The Balaban J connectivity index is 5.53. The molecule has 0 saturated heterocycles. The van der Waals surface area contributed by atoms with Gasteiger partial charge in [0.15, 0.2) is 5.40 Å². The van der Waals surface area contributed by atoms with E-state index in [1.54, 1.807) is 27.7 Å². The Morgan fingerprint density at radius 2 is 1.05 bits per heavy atom. The molecule has 0 saturated carbocycles. The fourth-order valence-electron chi connectivity index (χ4n) is 1.64. The van der Waals surface area contributed by atoms with Crippen molar-refractivity contribution in [3.8, 4) is 0 Å². The highest BCUT2D eigenvalue weighted by atomic mass is 31.2. The highest BCUT2D eigenvalue weighted by Gasteiger charge is 2.50. The summed E-state index contributed by atoms with van der Waals surface area (Å²) in [7, 11) is -5.92. The molecule has 0 amide bonds. The summed E-state index contributed by atoms with van der Waals surface area (Å²) in [6, 6.07) is 0. The maximum absolute atomic E-state index is 12.8. The second-order valence-electron chi connectivity index (χ2n) is 3.69. The molecule has 0 aliphatic carbocycles. The van der Waals surface area contributed by atoms with E-state index >= 15 is 0 Å². The molecule has 0 spiro atoms. The van der Waals surface area contributed by atoms with E-state index in [0.29, 0.717) is 0 Å². The second-order valence-corrected chi connectivity index (χ2v) is 8.53. The van der Waals surface area contributed by atoms with Crippen molar-refractivity contribution in [2.75, 3.05) is 40.1 Å². The second kappa shape index (κ2) is 10.1. The van der Waals surface area contributed by atoms with Crippen LogP contribution in [0.5, 0.6) is 0 Å². The molecule has 0 atom stereocenters. The van der Waals surface area contributed by atoms with Gasteiger partial charge in [-0.05, 0) is 27.7 Å². The third-order valence-corrected chi connectivity index (χ3v) is 8.21. The maximum Gasteiger partial charge on any atom is 0.348 e. The average molecular weight is 332 g/mol. The summed E-state index contributed by atoms with van der Waals surface area (Å²) in [4.78, 5) is 0. The topological polar surface area (TPSA) is 80.3 Å². The first-order valence-corrected chi connectivity index (χ1v) is 9.92. The number of hydrogen-bond acceptors (Lipinski definition) is 7. The third kappa shape index (κ3) is 5.57. The average Bonchev–Trinajstić information content (AvgIpc) is 2.36. The van der Waals surface area contributed by atoms with Crippen LogP contribution in [0.4, 0.5) is 0 Å². The van der Waals surface area contributed by atoms with Crippen molar-refractivity contribution in [1.82, 2.24) is 0 Å². The lowest BCUT2D eigenvalue weighted by Gasteiger charge is -2.30. The zero-order chi connectivity index (χ0) is 15.6. The molecule has 0 fully saturated rings. The van der Waals surface area contributed by atoms with E-state index in [1.807, 2.05) is 0 Å². The molecule has 0 heterocycles. The van der Waals surface area contributed by atoms with Gasteiger partial charge in [-0.1, -0.05) is 0 Å². The Kier molecular flexibility index (Phi) is 10.2. The summed E-state index contributed by atoms with van der Waals surface area (Å²) in [6.45, 7) is 7.28. The first-order chi connectivity index (χ1) is 9.44. The van der Waals surface area contributed by atoms with Crippen LogP contribution in [-0.4, -0.2) is 45.5 Å². The molecule has 0 aliphatic heterocycles. The van der Waals surface area contributed by atoms with Crippen LogP contribution in [0.15, 0.2) is 0 Å². The van der Waals surface area contributed by atoms with Gasteiger partial charge in [-0.2, -0.15) is 0 Å². The molecule has 0 N–H and O–H groups in total. The SMILES string of the molecule is CCOP(=O)(OCC)C(COC)P(=O)(OCC)OCC. The Bertz CT molecular complexity index is 298. The van der Waals surface area contributed by atoms with Crippen LogP contribution in [0.1, 0.15) is 27.7 Å². The van der Waals surface area contributed by atoms with Gasteiger partial charge < -0.3 is 22.8 Å². The Morgan fingerprint density at radius 1 is 0.750 bits per heavy atom. The van der Waals surface area contributed by atoms with Gasteiger partial charge in [0.25, 0.3) is 0 Å². The monoisotopic (exact) mass is 332 g/mol. The van der Waals surface area contributed by atoms with Gasteiger partial charge in [-0.25, -0.2) is 0 Å². The van der Waals surface area contributed by atoms with Crippen LogP contribution in [0, 0.1) is 0 Å². The molecule has 0 radical (unpaired) electrons. The Labute approximate surface area is 121 Å². The number of ether oxygens (including phenoxy) is 1. The van der Waals surface area contributed by atoms with Crippen molar-refractivity contribution in [2.24, 2.45) is 0 Å². The summed E-state index contributed by atoms with van der Waals surface area (Å²) in [6.07, 6.45) is 0. The first-order valence-electron chi connectivity index (χ1n) is 6.70. The molecule has 7 nitrogen and oxygen atoms in total. The van der Waals surface area contributed by atoms with Gasteiger partial charge in [0, 0.05) is 7.11 Å². The lowest BCUT2D eigenvalue weighted by atomic mass is 10.8. The zero-order valence-electron chi connectivity index (χ0n) is 12.9. The van der Waals surface area contributed by atoms with Crippen LogP contribution in [0.25, 0.3) is 0 Å². The first kappa shape index (κ1) is 20.3. The summed E-state index contributed by atoms with van der Waals surface area (Å²) in [5.41, 5.74) is 0. The minimum Gasteiger partial charge on any atom is -0.383 e. The third-order valence-electron chi connectivity index (χ3n) is 2.28. The van der Waals surface area contributed by atoms with Gasteiger partial charge in [0.05, 0.1) is 33.0 Å². The largest absolute Gasteiger partial charge is 0.383 e. The number of hydrogen-bond donors (Lipinski definition) is 0. The smallest absolute Gasteiger partial charge is 0.348 e. The lowest BCUT2D eigenvalue weighted by Crippen LogP contribution is -2.22. The van der Waals surface area contributed by atoms with E-state index in [1.165, 1.54) is 7.11 Å². The number of rotatable bonds is 12. The normalized spacial score (nSPS) is 13.1. The van der Waals surface area contributed by atoms with Crippen molar-refractivity contribution in [2.45, 2.75) is 33.1 Å². The minimum absolute atomic E-state index is 0.103. The van der Waals surface area contributed by atoms with Gasteiger partial charge in [-0.15, -0.1) is 0 Å². The highest BCUT2D eigenvalue weighted by molar-refractivity contribution is 7.72. The van der Waals surface area contributed by atoms with Crippen molar-refractivity contribution in [1.29, 1.82) is 0 Å². The predicted octanol–water partition coefficient (Wildman–Crippen LogP) is 3.49. The molecule has 0 rings (SSSR count). The van der Waals surface area contributed by atoms with E-state index in [2.05, 4.69) is 0 Å². The molecule has 9 heteroatoms. The summed E-state index contributed by atoms with van der Waals surface area (Å²) >= 11 is 0. The molecule has 0 aromatic carbocycles. The van der Waals surface area contributed by atoms with Gasteiger partial charge in [-0.3, -0.25) is 9.13 Å². The summed E-state index contributed by atoms with van der Waals surface area (Å²) in [5.74, 6) is 0.